The normalized spacial score (nSPS) is 30.4. The van der Waals surface area contributed by atoms with Crippen LogP contribution in [-0.2, 0) is 20.8 Å². The van der Waals surface area contributed by atoms with Crippen molar-refractivity contribution in [1.82, 2.24) is 10.2 Å². The lowest BCUT2D eigenvalue weighted by molar-refractivity contribution is -0.158. The van der Waals surface area contributed by atoms with Gasteiger partial charge in [0, 0.05) is 31.2 Å². The maximum Gasteiger partial charge on any atom is 0.222 e. The number of aliphatic hydroxyl groups excluding tert-OH is 1. The molecule has 31 heavy (non-hydrogen) atoms. The molecule has 1 aromatic rings. The van der Waals surface area contributed by atoms with Gasteiger partial charge in [0.2, 0.25) is 5.91 Å². The molecule has 8 heteroatoms. The summed E-state index contributed by atoms with van der Waals surface area (Å²) in [5.74, 6) is -1.20. The first-order valence-corrected chi connectivity index (χ1v) is 11.4. The van der Waals surface area contributed by atoms with Crippen LogP contribution in [0.1, 0.15) is 50.5 Å². The van der Waals surface area contributed by atoms with Gasteiger partial charge in [-0.05, 0) is 43.4 Å². The van der Waals surface area contributed by atoms with Gasteiger partial charge in [0.15, 0.2) is 0 Å². The predicted octanol–water partition coefficient (Wildman–Crippen LogP) is 2.52. The van der Waals surface area contributed by atoms with Gasteiger partial charge in [-0.3, -0.25) is 9.69 Å². The Morgan fingerprint density at radius 2 is 1.84 bits per heavy atom. The Kier molecular flexibility index (Phi) is 7.53. The molecule has 1 aromatic carbocycles. The molecule has 0 bridgehead atoms. The van der Waals surface area contributed by atoms with Crippen LogP contribution in [0.3, 0.4) is 0 Å². The molecule has 1 amide bonds. The van der Waals surface area contributed by atoms with Crippen LogP contribution in [0.4, 0.5) is 8.78 Å². The first-order chi connectivity index (χ1) is 15.0. The number of hydrogen-bond donors (Lipinski definition) is 2. The first kappa shape index (κ1) is 22.6. The van der Waals surface area contributed by atoms with Gasteiger partial charge in [0.1, 0.15) is 11.6 Å². The van der Waals surface area contributed by atoms with Crippen molar-refractivity contribution >= 4 is 5.91 Å². The van der Waals surface area contributed by atoms with Crippen LogP contribution in [0.15, 0.2) is 18.2 Å². The molecule has 2 N–H and O–H groups in total. The second-order valence-electron chi connectivity index (χ2n) is 9.09. The molecule has 2 saturated heterocycles. The number of fused-ring (bicyclic) bond motifs is 1. The largest absolute Gasteiger partial charge is 0.389 e. The predicted molar refractivity (Wildman–Crippen MR) is 110 cm³/mol. The third-order valence-electron chi connectivity index (χ3n) is 6.53. The molecule has 1 saturated carbocycles. The fourth-order valence-electron chi connectivity index (χ4n) is 5.13. The highest BCUT2D eigenvalue weighted by Gasteiger charge is 2.38. The van der Waals surface area contributed by atoms with Gasteiger partial charge in [-0.1, -0.05) is 12.8 Å². The summed E-state index contributed by atoms with van der Waals surface area (Å²) in [7, 11) is 0. The quantitative estimate of drug-likeness (QED) is 0.739. The van der Waals surface area contributed by atoms with Crippen molar-refractivity contribution in [2.75, 3.05) is 19.8 Å². The average molecular weight is 439 g/mol. The standard InChI is InChI=1S/C23H32F2N2O4/c24-16-7-15(8-17(25)9-16)11-27-12-19(28)13-30-14-22-21(27)6-5-20(31-22)10-23(29)26-18-3-1-2-4-18/h7-9,18-22,28H,1-6,10-14H2,(H,26,29)/t19-,20+,21+,22-/m1/s1. The lowest BCUT2D eigenvalue weighted by atomic mass is 9.94. The van der Waals surface area contributed by atoms with E-state index in [0.29, 0.717) is 38.1 Å². The zero-order valence-electron chi connectivity index (χ0n) is 17.8. The van der Waals surface area contributed by atoms with E-state index in [4.69, 9.17) is 9.47 Å². The number of aliphatic hydroxyl groups is 1. The second-order valence-corrected chi connectivity index (χ2v) is 9.09. The van der Waals surface area contributed by atoms with E-state index in [9.17, 15) is 18.7 Å². The molecular formula is C23H32F2N2O4. The Morgan fingerprint density at radius 3 is 2.58 bits per heavy atom. The maximum absolute atomic E-state index is 13.7. The molecule has 172 valence electrons. The number of carbonyl (C=O) groups is 1. The first-order valence-electron chi connectivity index (χ1n) is 11.4. The van der Waals surface area contributed by atoms with E-state index >= 15 is 0 Å². The molecule has 4 rings (SSSR count). The van der Waals surface area contributed by atoms with Crippen LogP contribution in [0.25, 0.3) is 0 Å². The van der Waals surface area contributed by atoms with E-state index in [1.807, 2.05) is 4.90 Å². The van der Waals surface area contributed by atoms with E-state index in [-0.39, 0.29) is 36.8 Å². The smallest absolute Gasteiger partial charge is 0.222 e. The monoisotopic (exact) mass is 438 g/mol. The van der Waals surface area contributed by atoms with E-state index in [2.05, 4.69) is 5.32 Å². The van der Waals surface area contributed by atoms with E-state index in [0.717, 1.165) is 25.3 Å². The maximum atomic E-state index is 13.7. The third kappa shape index (κ3) is 6.22. The van der Waals surface area contributed by atoms with Crippen molar-refractivity contribution in [2.45, 2.75) is 81.9 Å². The highest BCUT2D eigenvalue weighted by Crippen LogP contribution is 2.29. The number of nitrogens with zero attached hydrogens (tertiary/aromatic N) is 1. The fourth-order valence-corrected chi connectivity index (χ4v) is 5.13. The zero-order chi connectivity index (χ0) is 21.8. The molecule has 2 heterocycles. The Balaban J connectivity index is 1.39. The van der Waals surface area contributed by atoms with Crippen LogP contribution in [0.5, 0.6) is 0 Å². The Morgan fingerprint density at radius 1 is 1.10 bits per heavy atom. The summed E-state index contributed by atoms with van der Waals surface area (Å²) in [5, 5.41) is 13.4. The second kappa shape index (κ2) is 10.3. The van der Waals surface area contributed by atoms with Crippen molar-refractivity contribution in [1.29, 1.82) is 0 Å². The van der Waals surface area contributed by atoms with Gasteiger partial charge in [-0.15, -0.1) is 0 Å². The minimum atomic E-state index is -0.686. The number of benzene rings is 1. The Labute approximate surface area is 181 Å². The summed E-state index contributed by atoms with van der Waals surface area (Å²) in [4.78, 5) is 14.5. The lowest BCUT2D eigenvalue weighted by Gasteiger charge is -2.44. The zero-order valence-corrected chi connectivity index (χ0v) is 17.8. The molecule has 0 unspecified atom stereocenters. The summed E-state index contributed by atoms with van der Waals surface area (Å²) in [6.45, 7) is 1.13. The van der Waals surface area contributed by atoms with E-state index in [1.54, 1.807) is 0 Å². The number of carbonyl (C=O) groups excluding carboxylic acids is 1. The molecule has 2 aliphatic heterocycles. The van der Waals surface area contributed by atoms with Crippen molar-refractivity contribution < 1.29 is 28.2 Å². The van der Waals surface area contributed by atoms with Gasteiger partial charge in [0.05, 0.1) is 37.9 Å². The number of ether oxygens (including phenoxy) is 2. The average Bonchev–Trinajstić information content (AvgIpc) is 3.18. The molecule has 3 fully saturated rings. The highest BCUT2D eigenvalue weighted by atomic mass is 19.1. The Bertz CT molecular complexity index is 739. The minimum Gasteiger partial charge on any atom is -0.389 e. The number of hydrogen-bond acceptors (Lipinski definition) is 5. The molecule has 1 aliphatic carbocycles. The topological polar surface area (TPSA) is 71.0 Å². The van der Waals surface area contributed by atoms with Crippen LogP contribution < -0.4 is 5.32 Å². The van der Waals surface area contributed by atoms with Gasteiger partial charge >= 0.3 is 0 Å². The fraction of sp³-hybridized carbons (Fsp3) is 0.696. The van der Waals surface area contributed by atoms with Crippen LogP contribution in [0.2, 0.25) is 0 Å². The summed E-state index contributed by atoms with van der Waals surface area (Å²) in [5.41, 5.74) is 0.517. The summed E-state index contributed by atoms with van der Waals surface area (Å²) < 4.78 is 39.2. The number of rotatable bonds is 5. The molecular weight excluding hydrogens is 406 g/mol. The van der Waals surface area contributed by atoms with Crippen molar-refractivity contribution in [3.63, 3.8) is 0 Å². The van der Waals surface area contributed by atoms with Crippen LogP contribution in [-0.4, -0.2) is 66.1 Å². The molecule has 3 aliphatic rings. The van der Waals surface area contributed by atoms with Gasteiger partial charge in [-0.25, -0.2) is 8.78 Å². The summed E-state index contributed by atoms with van der Waals surface area (Å²) in [6, 6.07) is 3.72. The molecule has 0 aromatic heterocycles. The van der Waals surface area contributed by atoms with Crippen molar-refractivity contribution in [3.05, 3.63) is 35.4 Å². The number of amides is 1. The summed E-state index contributed by atoms with van der Waals surface area (Å²) >= 11 is 0. The molecule has 4 atom stereocenters. The van der Waals surface area contributed by atoms with Gasteiger partial charge < -0.3 is 19.9 Å². The van der Waals surface area contributed by atoms with Crippen LogP contribution >= 0.6 is 0 Å². The van der Waals surface area contributed by atoms with E-state index < -0.39 is 17.7 Å². The van der Waals surface area contributed by atoms with E-state index in [1.165, 1.54) is 25.0 Å². The van der Waals surface area contributed by atoms with Crippen molar-refractivity contribution in [3.8, 4) is 0 Å². The van der Waals surface area contributed by atoms with Crippen LogP contribution in [0, 0.1) is 11.6 Å². The minimum absolute atomic E-state index is 0.0321. The number of halogens is 2. The molecule has 0 spiro atoms. The van der Waals surface area contributed by atoms with Gasteiger partial charge in [-0.2, -0.15) is 0 Å². The Hall–Kier alpha value is -1.61. The lowest BCUT2D eigenvalue weighted by Crippen LogP contribution is -2.55. The number of β-amino-alcohol motifs (C(OH)–C–C–N with tert-alkyl or cyclic N) is 1. The summed E-state index contributed by atoms with van der Waals surface area (Å²) in [6.07, 6.45) is 5.12. The van der Waals surface area contributed by atoms with Gasteiger partial charge in [0.25, 0.3) is 0 Å². The molecule has 0 radical (unpaired) electrons. The highest BCUT2D eigenvalue weighted by molar-refractivity contribution is 5.76. The number of nitrogens with one attached hydrogen (secondary N) is 1. The van der Waals surface area contributed by atoms with Crippen molar-refractivity contribution in [2.24, 2.45) is 0 Å². The third-order valence-corrected chi connectivity index (χ3v) is 6.53. The molecule has 6 nitrogen and oxygen atoms in total. The SMILES string of the molecule is O=C(C[C@@H]1CC[C@H]2[C@@H](COC[C@H](O)CN2Cc2cc(F)cc(F)c2)O1)NC1CCCC1.